The van der Waals surface area contributed by atoms with Gasteiger partial charge >= 0.3 is 5.97 Å². The zero-order chi connectivity index (χ0) is 14.8. The number of carbonyl (C=O) groups is 1. The van der Waals surface area contributed by atoms with Crippen LogP contribution in [0.15, 0.2) is 54.8 Å². The van der Waals surface area contributed by atoms with Crippen molar-refractivity contribution < 1.29 is 9.53 Å². The van der Waals surface area contributed by atoms with Gasteiger partial charge in [-0.1, -0.05) is 56.3 Å². The summed E-state index contributed by atoms with van der Waals surface area (Å²) in [6.45, 7) is 6.42. The first kappa shape index (κ1) is 16.2. The number of hydrogen-bond donors (Lipinski definition) is 0. The van der Waals surface area contributed by atoms with Crippen molar-refractivity contribution in [3.63, 3.8) is 0 Å². The third-order valence-electron chi connectivity index (χ3n) is 3.06. The van der Waals surface area contributed by atoms with Crippen LogP contribution in [0, 0.1) is 5.41 Å². The molecule has 0 aliphatic heterocycles. The lowest BCUT2D eigenvalue weighted by Crippen LogP contribution is -2.08. The highest BCUT2D eigenvalue weighted by Gasteiger charge is 2.13. The fourth-order valence-corrected chi connectivity index (χ4v) is 1.82. The summed E-state index contributed by atoms with van der Waals surface area (Å²) in [6, 6.07) is 9.61. The SMILES string of the molecule is C/C=C/CC(C)(C)C/C=C/OC(=O)Cc1ccccc1. The van der Waals surface area contributed by atoms with Crippen LogP contribution in [0.1, 0.15) is 39.2 Å². The fourth-order valence-electron chi connectivity index (χ4n) is 1.82. The summed E-state index contributed by atoms with van der Waals surface area (Å²) in [7, 11) is 0. The van der Waals surface area contributed by atoms with Gasteiger partial charge in [0.25, 0.3) is 0 Å². The Hall–Kier alpha value is -1.83. The quantitative estimate of drug-likeness (QED) is 0.409. The van der Waals surface area contributed by atoms with Gasteiger partial charge in [-0.2, -0.15) is 0 Å². The molecule has 0 radical (unpaired) electrons. The highest BCUT2D eigenvalue weighted by molar-refractivity contribution is 5.73. The summed E-state index contributed by atoms with van der Waals surface area (Å²) in [5, 5.41) is 0. The molecule has 0 aliphatic carbocycles. The zero-order valence-corrected chi connectivity index (χ0v) is 12.6. The number of allylic oxidation sites excluding steroid dienone is 3. The third-order valence-corrected chi connectivity index (χ3v) is 3.06. The van der Waals surface area contributed by atoms with Crippen molar-refractivity contribution in [1.29, 1.82) is 0 Å². The molecule has 0 aromatic heterocycles. The monoisotopic (exact) mass is 272 g/mol. The van der Waals surface area contributed by atoms with E-state index >= 15 is 0 Å². The Kier molecular flexibility index (Phi) is 6.78. The molecule has 0 amide bonds. The van der Waals surface area contributed by atoms with Gasteiger partial charge < -0.3 is 4.74 Å². The maximum atomic E-state index is 11.6. The summed E-state index contributed by atoms with van der Waals surface area (Å²) in [5.41, 5.74) is 1.16. The molecular weight excluding hydrogens is 248 g/mol. The van der Waals surface area contributed by atoms with Crippen LogP contribution >= 0.6 is 0 Å². The van der Waals surface area contributed by atoms with Crippen molar-refractivity contribution in [2.75, 3.05) is 0 Å². The van der Waals surface area contributed by atoms with E-state index < -0.39 is 0 Å². The predicted molar refractivity (Wildman–Crippen MR) is 83.2 cm³/mol. The van der Waals surface area contributed by atoms with Gasteiger partial charge in [-0.05, 0) is 36.8 Å². The predicted octanol–water partition coefficient (Wildman–Crippen LogP) is 4.67. The molecule has 1 rings (SSSR count). The topological polar surface area (TPSA) is 26.3 Å². The molecule has 20 heavy (non-hydrogen) atoms. The summed E-state index contributed by atoms with van der Waals surface area (Å²) in [4.78, 5) is 11.6. The summed E-state index contributed by atoms with van der Waals surface area (Å²) >= 11 is 0. The van der Waals surface area contributed by atoms with Gasteiger partial charge in [0.05, 0.1) is 12.7 Å². The van der Waals surface area contributed by atoms with E-state index in [1.807, 2.05) is 43.3 Å². The van der Waals surface area contributed by atoms with E-state index in [1.54, 1.807) is 0 Å². The highest BCUT2D eigenvalue weighted by Crippen LogP contribution is 2.25. The van der Waals surface area contributed by atoms with Gasteiger partial charge in [0.1, 0.15) is 0 Å². The average Bonchev–Trinajstić information content (AvgIpc) is 2.43. The Balaban J connectivity index is 2.32. The lowest BCUT2D eigenvalue weighted by Gasteiger charge is -2.20. The second kappa shape index (κ2) is 8.36. The van der Waals surface area contributed by atoms with Crippen LogP contribution in [0.3, 0.4) is 0 Å². The molecule has 1 aromatic carbocycles. The Labute approximate surface area is 122 Å². The van der Waals surface area contributed by atoms with Crippen LogP contribution < -0.4 is 0 Å². The van der Waals surface area contributed by atoms with Crippen molar-refractivity contribution >= 4 is 5.97 Å². The van der Waals surface area contributed by atoms with E-state index in [4.69, 9.17) is 4.74 Å². The van der Waals surface area contributed by atoms with Crippen molar-refractivity contribution in [3.8, 4) is 0 Å². The van der Waals surface area contributed by atoms with Crippen LogP contribution in [0.25, 0.3) is 0 Å². The molecule has 0 spiro atoms. The van der Waals surface area contributed by atoms with Gasteiger partial charge in [-0.15, -0.1) is 0 Å². The Bertz CT molecular complexity index is 456. The molecule has 0 aliphatic rings. The molecular formula is C18H24O2. The van der Waals surface area contributed by atoms with E-state index in [9.17, 15) is 4.79 Å². The van der Waals surface area contributed by atoms with E-state index in [0.717, 1.165) is 18.4 Å². The molecule has 2 heteroatoms. The first-order valence-corrected chi connectivity index (χ1v) is 7.03. The molecule has 108 valence electrons. The Morgan fingerprint density at radius 2 is 1.80 bits per heavy atom. The summed E-state index contributed by atoms with van der Waals surface area (Å²) < 4.78 is 5.11. The van der Waals surface area contributed by atoms with Crippen LogP contribution in [-0.2, 0) is 16.0 Å². The summed E-state index contributed by atoms with van der Waals surface area (Å²) in [6.07, 6.45) is 9.88. The third kappa shape index (κ3) is 6.93. The molecule has 0 heterocycles. The van der Waals surface area contributed by atoms with E-state index in [0.29, 0.717) is 6.42 Å². The Morgan fingerprint density at radius 3 is 2.45 bits per heavy atom. The molecule has 0 N–H and O–H groups in total. The van der Waals surface area contributed by atoms with Gasteiger partial charge in [-0.3, -0.25) is 4.79 Å². The standard InChI is InChI=1S/C18H24O2/c1-4-5-12-18(2,3)13-9-14-20-17(19)15-16-10-7-6-8-11-16/h4-11,14H,12-13,15H2,1-3H3/b5-4+,14-9+. The van der Waals surface area contributed by atoms with E-state index in [2.05, 4.69) is 26.0 Å². The molecule has 0 saturated carbocycles. The lowest BCUT2D eigenvalue weighted by atomic mass is 9.86. The molecule has 0 fully saturated rings. The smallest absolute Gasteiger partial charge is 0.315 e. The number of carbonyl (C=O) groups excluding carboxylic acids is 1. The molecule has 0 bridgehead atoms. The van der Waals surface area contributed by atoms with Crippen molar-refractivity contribution in [3.05, 3.63) is 60.4 Å². The first-order valence-electron chi connectivity index (χ1n) is 7.03. The molecule has 1 aromatic rings. The van der Waals surface area contributed by atoms with Crippen LogP contribution in [0.4, 0.5) is 0 Å². The van der Waals surface area contributed by atoms with Crippen molar-refractivity contribution in [2.45, 2.75) is 40.0 Å². The maximum absolute atomic E-state index is 11.6. The van der Waals surface area contributed by atoms with Gasteiger partial charge in [0.15, 0.2) is 0 Å². The summed E-state index contributed by atoms with van der Waals surface area (Å²) in [5.74, 6) is -0.223. The van der Waals surface area contributed by atoms with Crippen molar-refractivity contribution in [1.82, 2.24) is 0 Å². The number of benzene rings is 1. The largest absolute Gasteiger partial charge is 0.435 e. The molecule has 0 unspecified atom stereocenters. The molecule has 2 nitrogen and oxygen atoms in total. The maximum Gasteiger partial charge on any atom is 0.315 e. The first-order chi connectivity index (χ1) is 9.53. The van der Waals surface area contributed by atoms with Crippen LogP contribution in [0.2, 0.25) is 0 Å². The second-order valence-corrected chi connectivity index (χ2v) is 5.67. The second-order valence-electron chi connectivity index (χ2n) is 5.67. The molecule has 0 saturated heterocycles. The molecule has 0 atom stereocenters. The number of esters is 1. The zero-order valence-electron chi connectivity index (χ0n) is 12.6. The highest BCUT2D eigenvalue weighted by atomic mass is 16.5. The van der Waals surface area contributed by atoms with E-state index in [1.165, 1.54) is 6.26 Å². The number of ether oxygens (including phenoxy) is 1. The van der Waals surface area contributed by atoms with E-state index in [-0.39, 0.29) is 11.4 Å². The number of hydrogen-bond acceptors (Lipinski definition) is 2. The van der Waals surface area contributed by atoms with Gasteiger partial charge in [0, 0.05) is 0 Å². The minimum Gasteiger partial charge on any atom is -0.435 e. The van der Waals surface area contributed by atoms with Gasteiger partial charge in [0.2, 0.25) is 0 Å². The number of rotatable bonds is 7. The van der Waals surface area contributed by atoms with Crippen LogP contribution in [-0.4, -0.2) is 5.97 Å². The normalized spacial score (nSPS) is 12.2. The minimum atomic E-state index is -0.223. The minimum absolute atomic E-state index is 0.189. The Morgan fingerprint density at radius 1 is 1.15 bits per heavy atom. The fraction of sp³-hybridized carbons (Fsp3) is 0.389. The van der Waals surface area contributed by atoms with Crippen LogP contribution in [0.5, 0.6) is 0 Å². The van der Waals surface area contributed by atoms with Gasteiger partial charge in [-0.25, -0.2) is 0 Å². The average molecular weight is 272 g/mol. The van der Waals surface area contributed by atoms with Crippen molar-refractivity contribution in [2.24, 2.45) is 5.41 Å². The lowest BCUT2D eigenvalue weighted by molar-refractivity contribution is -0.137.